The second-order valence-corrected chi connectivity index (χ2v) is 2.65. The van der Waals surface area contributed by atoms with E-state index in [1.165, 1.54) is 5.75 Å². The average molecular weight is 99.2 g/mol. The summed E-state index contributed by atoms with van der Waals surface area (Å²) in [6.45, 7) is 0. The van der Waals surface area contributed by atoms with Gasteiger partial charge in [-0.2, -0.15) is 17.0 Å². The molecule has 0 unspecified atom stereocenters. The van der Waals surface area contributed by atoms with Gasteiger partial charge in [-0.05, 0) is 0 Å². The van der Waals surface area contributed by atoms with Crippen LogP contribution in [0, 0.1) is 11.3 Å². The van der Waals surface area contributed by atoms with E-state index in [-0.39, 0.29) is 0 Å². The van der Waals surface area contributed by atoms with Crippen LogP contribution in [0.5, 0.6) is 0 Å². The minimum atomic E-state index is 0.704. The number of thioether (sulfide) groups is 1. The lowest BCUT2D eigenvalue weighted by Crippen LogP contribution is -1.74. The maximum absolute atomic E-state index is 8.01. The van der Waals surface area contributed by atoms with E-state index in [0.717, 1.165) is 6.42 Å². The van der Waals surface area contributed by atoms with Crippen molar-refractivity contribution in [3.63, 3.8) is 0 Å². The number of nitrogens with zero attached hydrogens (tertiary/aromatic N) is 1. The van der Waals surface area contributed by atoms with Gasteiger partial charge in [-0.25, -0.2) is 0 Å². The first-order valence-electron chi connectivity index (χ1n) is 1.92. The summed E-state index contributed by atoms with van der Waals surface area (Å²) in [5.41, 5.74) is 0. The van der Waals surface area contributed by atoms with Gasteiger partial charge >= 0.3 is 0 Å². The highest BCUT2D eigenvalue weighted by Crippen LogP contribution is 2.32. The predicted octanol–water partition coefficient (Wildman–Crippen LogP) is 1.02. The molecule has 0 bridgehead atoms. The molecule has 32 valence electrons. The number of hydrogen-bond acceptors (Lipinski definition) is 2. The zero-order valence-corrected chi connectivity index (χ0v) is 4.16. The second-order valence-electron chi connectivity index (χ2n) is 1.32. The van der Waals surface area contributed by atoms with Gasteiger partial charge in [0.15, 0.2) is 0 Å². The smallest absolute Gasteiger partial charge is 0.0633 e. The number of rotatable bonds is 1. The Kier molecular flexibility index (Phi) is 1.02. The van der Waals surface area contributed by atoms with Crippen molar-refractivity contribution < 1.29 is 0 Å². The van der Waals surface area contributed by atoms with Gasteiger partial charge in [0, 0.05) is 17.4 Å². The Morgan fingerprint density at radius 2 is 2.67 bits per heavy atom. The van der Waals surface area contributed by atoms with Gasteiger partial charge in [-0.15, -0.1) is 0 Å². The van der Waals surface area contributed by atoms with Crippen molar-refractivity contribution in [2.75, 3.05) is 5.75 Å². The zero-order valence-electron chi connectivity index (χ0n) is 3.35. The molecule has 2 heteroatoms. The Morgan fingerprint density at radius 1 is 2.00 bits per heavy atom. The predicted molar refractivity (Wildman–Crippen MR) is 26.5 cm³/mol. The van der Waals surface area contributed by atoms with Crippen LogP contribution < -0.4 is 0 Å². The van der Waals surface area contributed by atoms with Crippen molar-refractivity contribution in [2.24, 2.45) is 0 Å². The van der Waals surface area contributed by atoms with Crippen molar-refractivity contribution in [3.8, 4) is 6.07 Å². The Hall–Kier alpha value is -0.160. The van der Waals surface area contributed by atoms with E-state index in [0.29, 0.717) is 5.25 Å². The van der Waals surface area contributed by atoms with Gasteiger partial charge < -0.3 is 0 Å². The molecule has 6 heavy (non-hydrogen) atoms. The molecular formula is C4H5NS. The van der Waals surface area contributed by atoms with E-state index < -0.39 is 0 Å². The fourth-order valence-corrected chi connectivity index (χ4v) is 0.734. The molecule has 0 amide bonds. The third-order valence-corrected chi connectivity index (χ3v) is 1.69. The summed E-state index contributed by atoms with van der Waals surface area (Å²) < 4.78 is 0. The van der Waals surface area contributed by atoms with Crippen LogP contribution in [0.2, 0.25) is 0 Å². The minimum Gasteiger partial charge on any atom is -0.198 e. The van der Waals surface area contributed by atoms with E-state index in [4.69, 9.17) is 5.26 Å². The molecule has 1 nitrogen and oxygen atoms in total. The van der Waals surface area contributed by atoms with Crippen molar-refractivity contribution >= 4 is 11.8 Å². The van der Waals surface area contributed by atoms with Crippen LogP contribution in [0.4, 0.5) is 0 Å². The largest absolute Gasteiger partial charge is 0.198 e. The summed E-state index contributed by atoms with van der Waals surface area (Å²) in [5, 5.41) is 8.72. The fraction of sp³-hybridized carbons (Fsp3) is 0.750. The van der Waals surface area contributed by atoms with E-state index in [2.05, 4.69) is 6.07 Å². The fourth-order valence-electron chi connectivity index (χ4n) is 0.288. The quantitative estimate of drug-likeness (QED) is 0.458. The third-order valence-electron chi connectivity index (χ3n) is 0.721. The first-order valence-corrected chi connectivity index (χ1v) is 2.97. The van der Waals surface area contributed by atoms with Crippen LogP contribution in [-0.2, 0) is 0 Å². The molecule has 0 aromatic rings. The molecule has 1 rings (SSSR count). The Labute approximate surface area is 41.3 Å². The van der Waals surface area contributed by atoms with Gasteiger partial charge in [0.05, 0.1) is 6.07 Å². The molecule has 1 aliphatic rings. The summed E-state index contributed by atoms with van der Waals surface area (Å²) >= 11 is 1.87. The van der Waals surface area contributed by atoms with Crippen LogP contribution >= 0.6 is 11.8 Å². The molecular weight excluding hydrogens is 94.1 g/mol. The monoisotopic (exact) mass is 99.0 g/mol. The molecule has 1 aliphatic heterocycles. The lowest BCUT2D eigenvalue weighted by molar-refractivity contribution is 1.09. The molecule has 0 N–H and O–H groups in total. The first kappa shape index (κ1) is 4.01. The van der Waals surface area contributed by atoms with E-state index in [1.54, 1.807) is 0 Å². The molecule has 0 aromatic carbocycles. The van der Waals surface area contributed by atoms with Crippen molar-refractivity contribution in [2.45, 2.75) is 11.7 Å². The molecule has 0 radical (unpaired) electrons. The summed E-state index contributed by atoms with van der Waals surface area (Å²) in [5.74, 6) is 1.22. The van der Waals surface area contributed by atoms with Gasteiger partial charge in [-0.3, -0.25) is 0 Å². The lowest BCUT2D eigenvalue weighted by Gasteiger charge is -1.68. The molecule has 1 atom stereocenters. The SMILES string of the molecule is N#CC[C@H]1CS1. The summed E-state index contributed by atoms with van der Waals surface area (Å²) in [4.78, 5) is 0. The highest BCUT2D eigenvalue weighted by atomic mass is 32.2. The van der Waals surface area contributed by atoms with Crippen LogP contribution in [0.1, 0.15) is 6.42 Å². The summed E-state index contributed by atoms with van der Waals surface area (Å²) in [7, 11) is 0. The molecule has 1 fully saturated rings. The lowest BCUT2D eigenvalue weighted by atomic mass is 10.4. The van der Waals surface area contributed by atoms with E-state index in [9.17, 15) is 0 Å². The van der Waals surface area contributed by atoms with Gasteiger partial charge in [0.1, 0.15) is 0 Å². The normalized spacial score (nSPS) is 28.8. The topological polar surface area (TPSA) is 23.8 Å². The molecule has 0 aromatic heterocycles. The zero-order chi connectivity index (χ0) is 4.41. The maximum Gasteiger partial charge on any atom is 0.0633 e. The Balaban J connectivity index is 2.05. The molecule has 0 aliphatic carbocycles. The van der Waals surface area contributed by atoms with Crippen LogP contribution in [0.3, 0.4) is 0 Å². The van der Waals surface area contributed by atoms with Gasteiger partial charge in [-0.1, -0.05) is 0 Å². The second kappa shape index (κ2) is 1.53. The highest BCUT2D eigenvalue weighted by Gasteiger charge is 2.20. The first-order chi connectivity index (χ1) is 2.93. The average Bonchev–Trinajstić information content (AvgIpc) is 2.21. The summed E-state index contributed by atoms with van der Waals surface area (Å²) in [6.07, 6.45) is 0.755. The Morgan fingerprint density at radius 3 is 2.83 bits per heavy atom. The van der Waals surface area contributed by atoms with Gasteiger partial charge in [0.25, 0.3) is 0 Å². The van der Waals surface area contributed by atoms with Crippen molar-refractivity contribution in [1.82, 2.24) is 0 Å². The standard InChI is InChI=1S/C4H5NS/c5-2-1-4-3-6-4/h4H,1,3H2/t4-/m0/s1. The van der Waals surface area contributed by atoms with Crippen LogP contribution in [-0.4, -0.2) is 11.0 Å². The molecule has 0 spiro atoms. The Bertz CT molecular complexity index is 80.0. The van der Waals surface area contributed by atoms with Gasteiger partial charge in [0.2, 0.25) is 0 Å². The van der Waals surface area contributed by atoms with Crippen LogP contribution in [0.25, 0.3) is 0 Å². The van der Waals surface area contributed by atoms with Crippen LogP contribution in [0.15, 0.2) is 0 Å². The highest BCUT2D eigenvalue weighted by molar-refractivity contribution is 8.06. The maximum atomic E-state index is 8.01. The minimum absolute atomic E-state index is 0.704. The molecule has 1 saturated heterocycles. The number of hydrogen-bond donors (Lipinski definition) is 0. The van der Waals surface area contributed by atoms with Crippen molar-refractivity contribution in [1.29, 1.82) is 5.26 Å². The van der Waals surface area contributed by atoms with Crippen molar-refractivity contribution in [3.05, 3.63) is 0 Å². The number of nitriles is 1. The molecule has 0 saturated carbocycles. The third kappa shape index (κ3) is 0.908. The van der Waals surface area contributed by atoms with E-state index >= 15 is 0 Å². The molecule has 1 heterocycles. The summed E-state index contributed by atoms with van der Waals surface area (Å²) in [6, 6.07) is 2.11. The van der Waals surface area contributed by atoms with E-state index in [1.807, 2.05) is 11.8 Å².